The monoisotopic (exact) mass is 271 g/mol. The third-order valence-corrected chi connectivity index (χ3v) is 4.79. The van der Waals surface area contributed by atoms with Crippen molar-refractivity contribution in [3.63, 3.8) is 0 Å². The predicted molar refractivity (Wildman–Crippen MR) is 68.5 cm³/mol. The van der Waals surface area contributed by atoms with Crippen LogP contribution in [0.5, 0.6) is 0 Å². The van der Waals surface area contributed by atoms with Crippen molar-refractivity contribution in [3.8, 4) is 0 Å². The van der Waals surface area contributed by atoms with Crippen LogP contribution in [-0.4, -0.2) is 34.0 Å². The first-order valence-electron chi connectivity index (χ1n) is 5.27. The molecule has 1 unspecified atom stereocenters. The minimum Gasteiger partial charge on any atom is -0.479 e. The molecule has 2 rings (SSSR count). The Morgan fingerprint density at radius 3 is 2.88 bits per heavy atom. The molecule has 17 heavy (non-hydrogen) atoms. The highest BCUT2D eigenvalue weighted by Gasteiger charge is 2.43. The van der Waals surface area contributed by atoms with E-state index < -0.39 is 11.5 Å². The number of nitrogens with one attached hydrogen (secondary N) is 1. The second-order valence-electron chi connectivity index (χ2n) is 3.99. The van der Waals surface area contributed by atoms with Gasteiger partial charge in [0.25, 0.3) is 0 Å². The van der Waals surface area contributed by atoms with E-state index in [-0.39, 0.29) is 12.3 Å². The van der Waals surface area contributed by atoms with Gasteiger partial charge in [0, 0.05) is 10.6 Å². The fraction of sp³-hybridized carbons (Fsp3) is 0.455. The molecule has 1 saturated heterocycles. The fourth-order valence-electron chi connectivity index (χ4n) is 1.77. The number of amides is 1. The van der Waals surface area contributed by atoms with Crippen LogP contribution in [0.25, 0.3) is 0 Å². The molecule has 1 aromatic heterocycles. The lowest BCUT2D eigenvalue weighted by Crippen LogP contribution is -2.55. The van der Waals surface area contributed by atoms with Crippen LogP contribution < -0.4 is 5.32 Å². The Balaban J connectivity index is 1.99. The van der Waals surface area contributed by atoms with Crippen LogP contribution in [0.4, 0.5) is 0 Å². The first-order valence-corrected chi connectivity index (χ1v) is 7.30. The van der Waals surface area contributed by atoms with Crippen molar-refractivity contribution in [3.05, 3.63) is 22.4 Å². The van der Waals surface area contributed by atoms with Gasteiger partial charge < -0.3 is 10.4 Å². The van der Waals surface area contributed by atoms with Crippen LogP contribution in [0, 0.1) is 0 Å². The van der Waals surface area contributed by atoms with E-state index in [0.717, 1.165) is 10.6 Å². The second kappa shape index (κ2) is 5.10. The van der Waals surface area contributed by atoms with E-state index >= 15 is 0 Å². The van der Waals surface area contributed by atoms with E-state index in [1.54, 1.807) is 11.8 Å². The molecule has 1 atom stereocenters. The van der Waals surface area contributed by atoms with E-state index in [1.807, 2.05) is 17.5 Å². The predicted octanol–water partition coefficient (Wildman–Crippen LogP) is 1.37. The minimum absolute atomic E-state index is 0.211. The number of hydrogen-bond acceptors (Lipinski definition) is 4. The number of carboxylic acid groups (broad SMARTS) is 1. The van der Waals surface area contributed by atoms with E-state index in [1.165, 1.54) is 11.3 Å². The van der Waals surface area contributed by atoms with E-state index in [9.17, 15) is 14.7 Å². The Bertz CT molecular complexity index is 410. The number of carbonyl (C=O) groups is 2. The molecule has 0 saturated carbocycles. The molecular formula is C11H13NO3S2. The van der Waals surface area contributed by atoms with Gasteiger partial charge in [-0.25, -0.2) is 4.79 Å². The van der Waals surface area contributed by atoms with Crippen LogP contribution in [-0.2, 0) is 16.0 Å². The molecule has 0 aliphatic carbocycles. The molecule has 1 aliphatic heterocycles. The van der Waals surface area contributed by atoms with Crippen molar-refractivity contribution in [2.75, 3.05) is 11.5 Å². The lowest BCUT2D eigenvalue weighted by Gasteiger charge is -2.24. The highest BCUT2D eigenvalue weighted by atomic mass is 32.2. The number of rotatable bonds is 4. The normalized spacial score (nSPS) is 23.5. The maximum absolute atomic E-state index is 11.8. The smallest absolute Gasteiger partial charge is 0.330 e. The van der Waals surface area contributed by atoms with Gasteiger partial charge in [-0.05, 0) is 23.6 Å². The van der Waals surface area contributed by atoms with Crippen LogP contribution >= 0.6 is 23.1 Å². The van der Waals surface area contributed by atoms with Gasteiger partial charge in [-0.2, -0.15) is 11.8 Å². The number of thioether (sulfide) groups is 1. The summed E-state index contributed by atoms with van der Waals surface area (Å²) in [4.78, 5) is 24.0. The van der Waals surface area contributed by atoms with Gasteiger partial charge in [-0.1, -0.05) is 6.07 Å². The average molecular weight is 271 g/mol. The lowest BCUT2D eigenvalue weighted by atomic mass is 9.99. The summed E-state index contributed by atoms with van der Waals surface area (Å²) in [6.07, 6.45) is 0.764. The third-order valence-electron chi connectivity index (χ3n) is 2.72. The van der Waals surface area contributed by atoms with Gasteiger partial charge in [0.1, 0.15) is 5.54 Å². The maximum atomic E-state index is 11.8. The Labute approximate surface area is 107 Å². The van der Waals surface area contributed by atoms with Crippen LogP contribution in [0.1, 0.15) is 11.3 Å². The Kier molecular flexibility index (Phi) is 3.73. The molecule has 92 valence electrons. The fourth-order valence-corrected chi connectivity index (χ4v) is 3.80. The van der Waals surface area contributed by atoms with Crippen molar-refractivity contribution >= 4 is 35.0 Å². The standard InChI is InChI=1S/C11H13NO3S2/c13-9(6-8-2-1-4-17-8)12-11(10(14)15)3-5-16-7-11/h1-2,4H,3,5-7H2,(H,12,13)(H,14,15). The van der Waals surface area contributed by atoms with E-state index in [0.29, 0.717) is 12.2 Å². The number of carboxylic acids is 1. The van der Waals surface area contributed by atoms with Crippen molar-refractivity contribution in [2.45, 2.75) is 18.4 Å². The maximum Gasteiger partial charge on any atom is 0.330 e. The molecule has 1 aromatic rings. The summed E-state index contributed by atoms with van der Waals surface area (Å²) in [5.41, 5.74) is -1.06. The Morgan fingerprint density at radius 1 is 1.53 bits per heavy atom. The zero-order valence-corrected chi connectivity index (χ0v) is 10.8. The van der Waals surface area contributed by atoms with Crippen molar-refractivity contribution in [2.24, 2.45) is 0 Å². The second-order valence-corrected chi connectivity index (χ2v) is 6.13. The van der Waals surface area contributed by atoms with Crippen LogP contribution in [0.2, 0.25) is 0 Å². The number of hydrogen-bond donors (Lipinski definition) is 2. The average Bonchev–Trinajstić information content (AvgIpc) is 2.89. The van der Waals surface area contributed by atoms with E-state index in [2.05, 4.69) is 5.32 Å². The highest BCUT2D eigenvalue weighted by molar-refractivity contribution is 7.99. The SMILES string of the molecule is O=C(Cc1cccs1)NC1(C(=O)O)CCSC1. The topological polar surface area (TPSA) is 66.4 Å². The summed E-state index contributed by atoms with van der Waals surface area (Å²) in [7, 11) is 0. The first kappa shape index (κ1) is 12.4. The van der Waals surface area contributed by atoms with Gasteiger partial charge >= 0.3 is 5.97 Å². The van der Waals surface area contributed by atoms with Gasteiger partial charge in [0.2, 0.25) is 5.91 Å². The molecule has 1 aliphatic rings. The zero-order chi connectivity index (χ0) is 12.3. The Morgan fingerprint density at radius 2 is 2.35 bits per heavy atom. The molecule has 4 nitrogen and oxygen atoms in total. The van der Waals surface area contributed by atoms with Gasteiger partial charge in [0.15, 0.2) is 0 Å². The summed E-state index contributed by atoms with van der Waals surface area (Å²) in [6.45, 7) is 0. The molecule has 1 amide bonds. The van der Waals surface area contributed by atoms with Crippen molar-refractivity contribution in [1.29, 1.82) is 0 Å². The summed E-state index contributed by atoms with van der Waals surface area (Å²) >= 11 is 3.07. The van der Waals surface area contributed by atoms with Crippen LogP contribution in [0.15, 0.2) is 17.5 Å². The summed E-state index contributed by atoms with van der Waals surface area (Å²) in [6, 6.07) is 3.76. The molecule has 0 spiro atoms. The Hall–Kier alpha value is -1.01. The molecule has 6 heteroatoms. The van der Waals surface area contributed by atoms with Crippen LogP contribution in [0.3, 0.4) is 0 Å². The molecular weight excluding hydrogens is 258 g/mol. The number of thiophene rings is 1. The van der Waals surface area contributed by atoms with Gasteiger partial charge in [-0.15, -0.1) is 11.3 Å². The summed E-state index contributed by atoms with van der Waals surface area (Å²) in [5, 5.41) is 13.8. The van der Waals surface area contributed by atoms with Gasteiger partial charge in [-0.3, -0.25) is 4.79 Å². The number of aliphatic carboxylic acids is 1. The summed E-state index contributed by atoms with van der Waals surface area (Å²) in [5.74, 6) is 0.101. The molecule has 1 fully saturated rings. The highest BCUT2D eigenvalue weighted by Crippen LogP contribution is 2.28. The molecule has 2 N–H and O–H groups in total. The number of carbonyl (C=O) groups excluding carboxylic acids is 1. The van der Waals surface area contributed by atoms with Crippen molar-refractivity contribution in [1.82, 2.24) is 5.32 Å². The molecule has 0 radical (unpaired) electrons. The molecule has 2 heterocycles. The first-order chi connectivity index (χ1) is 8.12. The lowest BCUT2D eigenvalue weighted by molar-refractivity contribution is -0.146. The largest absolute Gasteiger partial charge is 0.479 e. The quantitative estimate of drug-likeness (QED) is 0.868. The van der Waals surface area contributed by atoms with E-state index in [4.69, 9.17) is 0 Å². The minimum atomic E-state index is -1.06. The molecule has 0 bridgehead atoms. The van der Waals surface area contributed by atoms with Crippen molar-refractivity contribution < 1.29 is 14.7 Å². The summed E-state index contributed by atoms with van der Waals surface area (Å²) < 4.78 is 0. The third kappa shape index (κ3) is 2.81. The van der Waals surface area contributed by atoms with Gasteiger partial charge in [0.05, 0.1) is 6.42 Å². The zero-order valence-electron chi connectivity index (χ0n) is 9.14. The molecule has 0 aromatic carbocycles.